The van der Waals surface area contributed by atoms with E-state index in [2.05, 4.69) is 11.4 Å². The maximum atomic E-state index is 12.0. The van der Waals surface area contributed by atoms with E-state index in [0.717, 1.165) is 31.7 Å². The van der Waals surface area contributed by atoms with Crippen LogP contribution >= 0.6 is 0 Å². The van der Waals surface area contributed by atoms with Crippen LogP contribution in [0.2, 0.25) is 0 Å². The molecule has 0 radical (unpaired) electrons. The summed E-state index contributed by atoms with van der Waals surface area (Å²) in [4.78, 5) is 12.0. The summed E-state index contributed by atoms with van der Waals surface area (Å²) in [5.41, 5.74) is 2.16. The van der Waals surface area contributed by atoms with Gasteiger partial charge in [-0.25, -0.2) is 0 Å². The molecule has 1 aromatic rings. The van der Waals surface area contributed by atoms with Crippen LogP contribution in [0, 0.1) is 5.92 Å². The molecule has 1 fully saturated rings. The van der Waals surface area contributed by atoms with E-state index in [1.54, 1.807) is 0 Å². The Kier molecular flexibility index (Phi) is 2.40. The predicted molar refractivity (Wildman–Crippen MR) is 61.4 cm³/mol. The number of anilines is 1. The van der Waals surface area contributed by atoms with Crippen molar-refractivity contribution in [2.45, 2.75) is 18.8 Å². The molecule has 3 rings (SSSR count). The number of para-hydroxylation sites is 1. The third-order valence-corrected chi connectivity index (χ3v) is 3.57. The molecule has 16 heavy (non-hydrogen) atoms. The number of nitrogens with one attached hydrogen (secondary N) is 1. The molecule has 3 nitrogen and oxygen atoms in total. The van der Waals surface area contributed by atoms with Crippen molar-refractivity contribution in [2.24, 2.45) is 5.92 Å². The highest BCUT2D eigenvalue weighted by Crippen LogP contribution is 2.40. The van der Waals surface area contributed by atoms with Crippen molar-refractivity contribution in [3.63, 3.8) is 0 Å². The minimum Gasteiger partial charge on any atom is -0.381 e. The zero-order valence-electron chi connectivity index (χ0n) is 9.11. The van der Waals surface area contributed by atoms with Gasteiger partial charge in [0.25, 0.3) is 0 Å². The Balaban J connectivity index is 1.92. The third-order valence-electron chi connectivity index (χ3n) is 3.57. The fourth-order valence-corrected chi connectivity index (χ4v) is 2.75. The lowest BCUT2D eigenvalue weighted by Crippen LogP contribution is -2.26. The number of hydrogen-bond donors (Lipinski definition) is 1. The summed E-state index contributed by atoms with van der Waals surface area (Å²) >= 11 is 0. The molecule has 0 unspecified atom stereocenters. The summed E-state index contributed by atoms with van der Waals surface area (Å²) in [6, 6.07) is 8.01. The second-order valence-electron chi connectivity index (χ2n) is 4.50. The fourth-order valence-electron chi connectivity index (χ4n) is 2.75. The van der Waals surface area contributed by atoms with Gasteiger partial charge < -0.3 is 10.1 Å². The van der Waals surface area contributed by atoms with E-state index < -0.39 is 0 Å². The van der Waals surface area contributed by atoms with Crippen molar-refractivity contribution in [1.29, 1.82) is 0 Å². The van der Waals surface area contributed by atoms with E-state index in [0.29, 0.717) is 5.92 Å². The van der Waals surface area contributed by atoms with Gasteiger partial charge in [0.15, 0.2) is 0 Å². The Hall–Kier alpha value is -1.35. The summed E-state index contributed by atoms with van der Waals surface area (Å²) in [6.45, 7) is 1.58. The van der Waals surface area contributed by atoms with Gasteiger partial charge in [-0.05, 0) is 30.4 Å². The van der Waals surface area contributed by atoms with E-state index in [1.807, 2.05) is 18.2 Å². The molecule has 1 saturated heterocycles. The first-order chi connectivity index (χ1) is 7.86. The molecular weight excluding hydrogens is 202 g/mol. The molecule has 2 heterocycles. The number of rotatable bonds is 1. The quantitative estimate of drug-likeness (QED) is 0.782. The molecule has 0 spiro atoms. The molecule has 2 aliphatic heterocycles. The van der Waals surface area contributed by atoms with Gasteiger partial charge in [-0.2, -0.15) is 0 Å². The van der Waals surface area contributed by atoms with Gasteiger partial charge in [0.1, 0.15) is 0 Å². The summed E-state index contributed by atoms with van der Waals surface area (Å²) < 4.78 is 5.35. The van der Waals surface area contributed by atoms with E-state index >= 15 is 0 Å². The lowest BCUT2D eigenvalue weighted by atomic mass is 9.82. The standard InChI is InChI=1S/C13H15NO2/c15-13-12(9-5-7-16-8-6-9)10-3-1-2-4-11(10)14-13/h1-4,9,12H,5-8H2,(H,14,15)/t12-/m1/s1. The van der Waals surface area contributed by atoms with Crippen molar-refractivity contribution < 1.29 is 9.53 Å². The molecule has 0 aliphatic carbocycles. The van der Waals surface area contributed by atoms with Crippen molar-refractivity contribution in [1.82, 2.24) is 0 Å². The first-order valence-corrected chi connectivity index (χ1v) is 5.84. The second kappa shape index (κ2) is 3.91. The highest BCUT2D eigenvalue weighted by Gasteiger charge is 2.36. The number of amides is 1. The zero-order chi connectivity index (χ0) is 11.0. The van der Waals surface area contributed by atoms with Crippen molar-refractivity contribution in [3.8, 4) is 0 Å². The van der Waals surface area contributed by atoms with Crippen LogP contribution in [0.3, 0.4) is 0 Å². The summed E-state index contributed by atoms with van der Waals surface area (Å²) in [5, 5.41) is 2.97. The minimum absolute atomic E-state index is 0.0418. The maximum Gasteiger partial charge on any atom is 0.232 e. The topological polar surface area (TPSA) is 38.3 Å². The Morgan fingerprint density at radius 1 is 1.19 bits per heavy atom. The van der Waals surface area contributed by atoms with E-state index in [1.165, 1.54) is 5.56 Å². The number of carbonyl (C=O) groups excluding carboxylic acids is 1. The van der Waals surface area contributed by atoms with E-state index in [4.69, 9.17) is 4.74 Å². The fraction of sp³-hybridized carbons (Fsp3) is 0.462. The maximum absolute atomic E-state index is 12.0. The number of carbonyl (C=O) groups is 1. The number of benzene rings is 1. The van der Waals surface area contributed by atoms with Crippen LogP contribution < -0.4 is 5.32 Å². The summed E-state index contributed by atoms with van der Waals surface area (Å²) in [7, 11) is 0. The molecule has 0 bridgehead atoms. The molecule has 0 aromatic heterocycles. The average molecular weight is 217 g/mol. The van der Waals surface area contributed by atoms with Crippen LogP contribution in [0.4, 0.5) is 5.69 Å². The lowest BCUT2D eigenvalue weighted by molar-refractivity contribution is -0.118. The third kappa shape index (κ3) is 1.52. The van der Waals surface area contributed by atoms with Crippen LogP contribution in [0.25, 0.3) is 0 Å². The Morgan fingerprint density at radius 3 is 2.75 bits per heavy atom. The smallest absolute Gasteiger partial charge is 0.232 e. The van der Waals surface area contributed by atoms with Gasteiger partial charge in [-0.3, -0.25) is 4.79 Å². The van der Waals surface area contributed by atoms with Gasteiger partial charge >= 0.3 is 0 Å². The number of hydrogen-bond acceptors (Lipinski definition) is 2. The average Bonchev–Trinajstić information content (AvgIpc) is 2.66. The van der Waals surface area contributed by atoms with Gasteiger partial charge in [-0.15, -0.1) is 0 Å². The van der Waals surface area contributed by atoms with Crippen LogP contribution in [-0.4, -0.2) is 19.1 Å². The molecule has 2 aliphatic rings. The Bertz CT molecular complexity index is 410. The minimum atomic E-state index is 0.0418. The molecular formula is C13H15NO2. The largest absolute Gasteiger partial charge is 0.381 e. The Labute approximate surface area is 94.8 Å². The lowest BCUT2D eigenvalue weighted by Gasteiger charge is -2.26. The molecule has 84 valence electrons. The van der Waals surface area contributed by atoms with Crippen LogP contribution in [0.15, 0.2) is 24.3 Å². The van der Waals surface area contributed by atoms with Gasteiger partial charge in [0.2, 0.25) is 5.91 Å². The predicted octanol–water partition coefficient (Wildman–Crippen LogP) is 2.15. The molecule has 1 N–H and O–H groups in total. The summed E-state index contributed by atoms with van der Waals surface area (Å²) in [5.74, 6) is 0.644. The van der Waals surface area contributed by atoms with E-state index in [-0.39, 0.29) is 11.8 Å². The van der Waals surface area contributed by atoms with Gasteiger partial charge in [-0.1, -0.05) is 18.2 Å². The van der Waals surface area contributed by atoms with Gasteiger partial charge in [0, 0.05) is 18.9 Å². The number of fused-ring (bicyclic) bond motifs is 1. The monoisotopic (exact) mass is 217 g/mol. The highest BCUT2D eigenvalue weighted by molar-refractivity contribution is 6.03. The van der Waals surface area contributed by atoms with E-state index in [9.17, 15) is 4.79 Å². The first kappa shape index (κ1) is 9.85. The highest BCUT2D eigenvalue weighted by atomic mass is 16.5. The van der Waals surface area contributed by atoms with Crippen LogP contribution in [-0.2, 0) is 9.53 Å². The molecule has 1 atom stereocenters. The second-order valence-corrected chi connectivity index (χ2v) is 4.50. The summed E-state index contributed by atoms with van der Waals surface area (Å²) in [6.07, 6.45) is 1.98. The van der Waals surface area contributed by atoms with Crippen LogP contribution in [0.5, 0.6) is 0 Å². The molecule has 1 aromatic carbocycles. The zero-order valence-corrected chi connectivity index (χ0v) is 9.11. The van der Waals surface area contributed by atoms with Gasteiger partial charge in [0.05, 0.1) is 5.92 Å². The van der Waals surface area contributed by atoms with Crippen molar-refractivity contribution in [3.05, 3.63) is 29.8 Å². The number of ether oxygens (including phenoxy) is 1. The molecule has 1 amide bonds. The SMILES string of the molecule is O=C1Nc2ccccc2[C@H]1C1CCOCC1. The molecule has 3 heteroatoms. The van der Waals surface area contributed by atoms with Crippen LogP contribution in [0.1, 0.15) is 24.3 Å². The normalized spacial score (nSPS) is 25.2. The first-order valence-electron chi connectivity index (χ1n) is 5.84. The Morgan fingerprint density at radius 2 is 1.94 bits per heavy atom. The van der Waals surface area contributed by atoms with Crippen molar-refractivity contribution >= 4 is 11.6 Å². The molecule has 0 saturated carbocycles. The van der Waals surface area contributed by atoms with Crippen molar-refractivity contribution in [2.75, 3.05) is 18.5 Å².